The summed E-state index contributed by atoms with van der Waals surface area (Å²) in [6.07, 6.45) is 3.72. The Kier molecular flexibility index (Phi) is 6.69. The third-order valence-electron chi connectivity index (χ3n) is 2.90. The number of methoxy groups -OCH3 is 1. The molecular weight excluding hydrogens is 332 g/mol. The molecule has 0 saturated carbocycles. The van der Waals surface area contributed by atoms with E-state index in [9.17, 15) is 4.79 Å². The van der Waals surface area contributed by atoms with E-state index >= 15 is 0 Å². The van der Waals surface area contributed by atoms with E-state index in [2.05, 4.69) is 5.32 Å². The molecule has 0 radical (unpaired) electrons. The number of amides is 1. The topological polar surface area (TPSA) is 166 Å². The molecule has 0 aliphatic carbocycles. The van der Waals surface area contributed by atoms with Gasteiger partial charge in [-0.2, -0.15) is 0 Å². The molecule has 0 fully saturated rings. The normalized spacial score (nSPS) is 13.1. The molecule has 9 heteroatoms. The summed E-state index contributed by atoms with van der Waals surface area (Å²) in [6, 6.07) is 5.09. The maximum atomic E-state index is 11.3. The van der Waals surface area contributed by atoms with Crippen molar-refractivity contribution >= 4 is 35.1 Å². The molecule has 0 bridgehead atoms. The van der Waals surface area contributed by atoms with Crippen LogP contribution in [0.4, 0.5) is 5.69 Å². The van der Waals surface area contributed by atoms with Crippen LogP contribution < -0.4 is 33.0 Å². The van der Waals surface area contributed by atoms with E-state index in [1.54, 1.807) is 18.2 Å². The van der Waals surface area contributed by atoms with Crippen molar-refractivity contribution in [3.8, 4) is 5.75 Å². The molecule has 0 unspecified atom stereocenters. The smallest absolute Gasteiger partial charge is 0.266 e. The second-order valence-electron chi connectivity index (χ2n) is 4.52. The van der Waals surface area contributed by atoms with Crippen LogP contribution in [0.15, 0.2) is 46.9 Å². The summed E-state index contributed by atoms with van der Waals surface area (Å²) >= 11 is 5.66. The van der Waals surface area contributed by atoms with Crippen LogP contribution in [0, 0.1) is 5.41 Å². The van der Waals surface area contributed by atoms with Crippen molar-refractivity contribution in [3.63, 3.8) is 0 Å². The molecule has 0 saturated heterocycles. The lowest BCUT2D eigenvalue weighted by Gasteiger charge is -2.16. The second kappa shape index (κ2) is 8.49. The number of anilines is 1. The number of allylic oxidation sites excluding steroid dienone is 2. The Morgan fingerprint density at radius 1 is 1.29 bits per heavy atom. The van der Waals surface area contributed by atoms with Gasteiger partial charge in [-0.05, 0) is 24.3 Å². The number of carbonyl (C=O) groups excluding carboxylic acids is 1. The molecule has 1 amide bonds. The number of hydrogen-bond donors (Lipinski definition) is 6. The highest BCUT2D eigenvalue weighted by atomic mass is 35.5. The van der Waals surface area contributed by atoms with Gasteiger partial charge in [0.05, 0.1) is 18.5 Å². The van der Waals surface area contributed by atoms with Gasteiger partial charge in [0.15, 0.2) is 5.75 Å². The number of halogens is 1. The number of para-hydroxylation sites is 1. The molecule has 0 spiro atoms. The van der Waals surface area contributed by atoms with E-state index in [4.69, 9.17) is 44.7 Å². The minimum atomic E-state index is -0.843. The Labute approximate surface area is 144 Å². The maximum Gasteiger partial charge on any atom is 0.266 e. The van der Waals surface area contributed by atoms with Crippen LogP contribution in [0.3, 0.4) is 0 Å². The number of benzene rings is 1. The van der Waals surface area contributed by atoms with Crippen LogP contribution in [0.5, 0.6) is 5.75 Å². The van der Waals surface area contributed by atoms with Gasteiger partial charge in [-0.25, -0.2) is 0 Å². The van der Waals surface area contributed by atoms with E-state index in [0.717, 1.165) is 6.21 Å². The minimum Gasteiger partial charge on any atom is -0.494 e. The number of ether oxygens (including phenoxy) is 1. The quantitative estimate of drug-likeness (QED) is 0.183. The minimum absolute atomic E-state index is 0.0972. The highest BCUT2D eigenvalue weighted by Crippen LogP contribution is 2.33. The van der Waals surface area contributed by atoms with Crippen molar-refractivity contribution in [1.29, 1.82) is 5.41 Å². The SMILES string of the molecule is COc1c(N/C(C=C(N)Cl)=C(/N)C(N)=O)cccc1/C(N)=C/C=N. The van der Waals surface area contributed by atoms with E-state index in [1.165, 1.54) is 19.3 Å². The fraction of sp³-hybridized carbons (Fsp3) is 0.0667. The second-order valence-corrected chi connectivity index (χ2v) is 4.96. The van der Waals surface area contributed by atoms with E-state index in [0.29, 0.717) is 22.7 Å². The molecule has 0 atom stereocenters. The molecule has 8 nitrogen and oxygen atoms in total. The number of carbonyl (C=O) groups is 1. The number of nitrogens with two attached hydrogens (primary N) is 4. The molecule has 1 aromatic rings. The molecule has 0 aliphatic rings. The molecule has 0 heterocycles. The van der Waals surface area contributed by atoms with Crippen LogP contribution in [0.1, 0.15) is 5.56 Å². The Morgan fingerprint density at radius 3 is 2.46 bits per heavy atom. The molecule has 24 heavy (non-hydrogen) atoms. The van der Waals surface area contributed by atoms with Crippen LogP contribution >= 0.6 is 11.6 Å². The van der Waals surface area contributed by atoms with Gasteiger partial charge in [0.25, 0.3) is 5.91 Å². The molecule has 128 valence electrons. The Morgan fingerprint density at radius 2 is 1.96 bits per heavy atom. The summed E-state index contributed by atoms with van der Waals surface area (Å²) in [7, 11) is 1.45. The van der Waals surface area contributed by atoms with Crippen LogP contribution in [0.25, 0.3) is 5.70 Å². The van der Waals surface area contributed by atoms with Gasteiger partial charge in [-0.1, -0.05) is 17.7 Å². The van der Waals surface area contributed by atoms with Crippen LogP contribution in [-0.4, -0.2) is 19.2 Å². The lowest BCUT2D eigenvalue weighted by Crippen LogP contribution is -2.24. The van der Waals surface area contributed by atoms with Gasteiger partial charge < -0.3 is 38.4 Å². The Balaban J connectivity index is 3.46. The summed E-state index contributed by atoms with van der Waals surface area (Å²) < 4.78 is 5.37. The average molecular weight is 351 g/mol. The first kappa shape index (κ1) is 18.9. The molecule has 0 aromatic heterocycles. The molecule has 1 rings (SSSR count). The van der Waals surface area contributed by atoms with Crippen molar-refractivity contribution < 1.29 is 9.53 Å². The van der Waals surface area contributed by atoms with Crippen molar-refractivity contribution in [1.82, 2.24) is 0 Å². The fourth-order valence-electron chi connectivity index (χ4n) is 1.86. The third-order valence-corrected chi connectivity index (χ3v) is 3.01. The largest absolute Gasteiger partial charge is 0.494 e. The first-order chi connectivity index (χ1) is 11.3. The summed E-state index contributed by atoms with van der Waals surface area (Å²) in [5.74, 6) is -0.464. The molecular formula is C15H19ClN6O2. The van der Waals surface area contributed by atoms with Crippen molar-refractivity contribution in [2.45, 2.75) is 0 Å². The molecule has 0 aliphatic heterocycles. The van der Waals surface area contributed by atoms with Gasteiger partial charge in [0, 0.05) is 17.5 Å². The zero-order chi connectivity index (χ0) is 18.3. The highest BCUT2D eigenvalue weighted by molar-refractivity contribution is 6.29. The first-order valence-electron chi connectivity index (χ1n) is 6.64. The van der Waals surface area contributed by atoms with Crippen molar-refractivity contribution in [2.75, 3.05) is 12.4 Å². The number of primary amides is 1. The number of hydrogen-bond acceptors (Lipinski definition) is 7. The average Bonchev–Trinajstić information content (AvgIpc) is 2.52. The Hall–Kier alpha value is -3.13. The predicted octanol–water partition coefficient (Wildman–Crippen LogP) is 0.751. The van der Waals surface area contributed by atoms with E-state index < -0.39 is 5.91 Å². The lowest BCUT2D eigenvalue weighted by molar-refractivity contribution is -0.114. The maximum absolute atomic E-state index is 11.3. The lowest BCUT2D eigenvalue weighted by atomic mass is 10.1. The van der Waals surface area contributed by atoms with Gasteiger partial charge in [0.2, 0.25) is 0 Å². The summed E-state index contributed by atoms with van der Waals surface area (Å²) in [5.41, 5.74) is 23.4. The summed E-state index contributed by atoms with van der Waals surface area (Å²) in [6.45, 7) is 0. The highest BCUT2D eigenvalue weighted by Gasteiger charge is 2.14. The van der Waals surface area contributed by atoms with Crippen LogP contribution in [-0.2, 0) is 4.79 Å². The summed E-state index contributed by atoms with van der Waals surface area (Å²) in [5, 5.41) is 9.91. The van der Waals surface area contributed by atoms with Crippen molar-refractivity contribution in [2.24, 2.45) is 22.9 Å². The zero-order valence-corrected chi connectivity index (χ0v) is 13.7. The van der Waals surface area contributed by atoms with Gasteiger partial charge in [0.1, 0.15) is 10.9 Å². The summed E-state index contributed by atoms with van der Waals surface area (Å²) in [4.78, 5) is 11.3. The third kappa shape index (κ3) is 4.68. The van der Waals surface area contributed by atoms with Gasteiger partial charge >= 0.3 is 0 Å². The van der Waals surface area contributed by atoms with E-state index in [-0.39, 0.29) is 16.6 Å². The number of rotatable bonds is 7. The van der Waals surface area contributed by atoms with Crippen molar-refractivity contribution in [3.05, 3.63) is 52.5 Å². The monoisotopic (exact) mass is 350 g/mol. The van der Waals surface area contributed by atoms with Gasteiger partial charge in [-0.3, -0.25) is 4.79 Å². The zero-order valence-electron chi connectivity index (χ0n) is 13.0. The molecule has 1 aromatic carbocycles. The predicted molar refractivity (Wildman–Crippen MR) is 96.1 cm³/mol. The fourth-order valence-corrected chi connectivity index (χ4v) is 1.97. The standard InChI is InChI=1S/C15H19ClN6O2/c1-24-14-8(9(18)5-6-17)3-2-4-10(14)22-11(7-12(16)19)13(20)15(21)23/h2-7,17,22H,18-20H2,1H3,(H2,21,23)/b9-5-,12-7?,13-11+,17-6?. The molecule has 10 N–H and O–H groups in total. The Bertz CT molecular complexity index is 735. The van der Waals surface area contributed by atoms with Gasteiger partial charge in [-0.15, -0.1) is 0 Å². The van der Waals surface area contributed by atoms with E-state index in [1.807, 2.05) is 0 Å². The number of nitrogens with one attached hydrogen (secondary N) is 2. The van der Waals surface area contributed by atoms with Crippen LogP contribution in [0.2, 0.25) is 0 Å². The first-order valence-corrected chi connectivity index (χ1v) is 7.02.